The monoisotopic (exact) mass is 230 g/mol. The first kappa shape index (κ1) is 10.6. The molecule has 0 aliphatic heterocycles. The third kappa shape index (κ3) is 2.55. The van der Waals surface area contributed by atoms with Crippen LogP contribution in [-0.2, 0) is 6.54 Å². The van der Waals surface area contributed by atoms with Crippen LogP contribution in [0.3, 0.4) is 0 Å². The zero-order chi connectivity index (χ0) is 11.4. The largest absolute Gasteiger partial charge is 0.364 e. The molecule has 0 fully saturated rings. The molecule has 2 aromatic rings. The second kappa shape index (κ2) is 4.73. The van der Waals surface area contributed by atoms with Gasteiger partial charge in [0, 0.05) is 17.3 Å². The number of aryl methyl sites for hydroxylation is 1. The van der Waals surface area contributed by atoms with Gasteiger partial charge in [0.2, 0.25) is 0 Å². The lowest BCUT2D eigenvalue weighted by atomic mass is 10.2. The van der Waals surface area contributed by atoms with Crippen molar-refractivity contribution in [3.8, 4) is 6.07 Å². The number of nitriles is 1. The lowest BCUT2D eigenvalue weighted by Crippen LogP contribution is -2.02. The fourth-order valence-corrected chi connectivity index (χ4v) is 1.89. The third-order valence-corrected chi connectivity index (χ3v) is 2.77. The van der Waals surface area contributed by atoms with Crippen molar-refractivity contribution in [2.75, 3.05) is 5.32 Å². The van der Waals surface area contributed by atoms with Crippen LogP contribution in [-0.4, -0.2) is 9.97 Å². The summed E-state index contributed by atoms with van der Waals surface area (Å²) in [6.45, 7) is 2.51. The number of hydrogen-bond donors (Lipinski definition) is 1. The van der Waals surface area contributed by atoms with E-state index in [9.17, 15) is 0 Å². The summed E-state index contributed by atoms with van der Waals surface area (Å²) in [5, 5.41) is 14.9. The number of nitrogens with zero attached hydrogens (tertiary/aromatic N) is 3. The Morgan fingerprint density at radius 2 is 2.38 bits per heavy atom. The van der Waals surface area contributed by atoms with Gasteiger partial charge in [0.25, 0.3) is 0 Å². The van der Waals surface area contributed by atoms with E-state index < -0.39 is 0 Å². The van der Waals surface area contributed by atoms with E-state index in [4.69, 9.17) is 5.26 Å². The highest BCUT2D eigenvalue weighted by atomic mass is 32.1. The molecule has 2 heterocycles. The molecule has 0 radical (unpaired) electrons. The zero-order valence-corrected chi connectivity index (χ0v) is 9.58. The second-order valence-electron chi connectivity index (χ2n) is 3.27. The van der Waals surface area contributed by atoms with Crippen LogP contribution in [0.2, 0.25) is 0 Å². The minimum absolute atomic E-state index is 0.620. The van der Waals surface area contributed by atoms with Gasteiger partial charge in [-0.1, -0.05) is 0 Å². The summed E-state index contributed by atoms with van der Waals surface area (Å²) in [5.74, 6) is 0.715. The lowest BCUT2D eigenvalue weighted by Gasteiger charge is -2.04. The van der Waals surface area contributed by atoms with Crippen molar-refractivity contribution in [3.05, 3.63) is 40.0 Å². The number of aromatic nitrogens is 2. The first-order valence-corrected chi connectivity index (χ1v) is 5.67. The van der Waals surface area contributed by atoms with Crippen molar-refractivity contribution < 1.29 is 0 Å². The Labute approximate surface area is 97.6 Å². The van der Waals surface area contributed by atoms with Gasteiger partial charge in [-0.3, -0.25) is 0 Å². The van der Waals surface area contributed by atoms with Gasteiger partial charge in [0.1, 0.15) is 10.8 Å². The van der Waals surface area contributed by atoms with Gasteiger partial charge in [0.15, 0.2) is 0 Å². The Hall–Kier alpha value is -1.93. The Morgan fingerprint density at radius 3 is 3.06 bits per heavy atom. The number of hydrogen-bond acceptors (Lipinski definition) is 5. The zero-order valence-electron chi connectivity index (χ0n) is 8.77. The van der Waals surface area contributed by atoms with Crippen LogP contribution in [0.5, 0.6) is 0 Å². The topological polar surface area (TPSA) is 61.6 Å². The number of pyridine rings is 1. The van der Waals surface area contributed by atoms with Crippen molar-refractivity contribution >= 4 is 17.2 Å². The summed E-state index contributed by atoms with van der Waals surface area (Å²) < 4.78 is 0. The van der Waals surface area contributed by atoms with Gasteiger partial charge in [-0.2, -0.15) is 5.26 Å². The molecule has 0 saturated carbocycles. The van der Waals surface area contributed by atoms with Gasteiger partial charge in [-0.15, -0.1) is 11.3 Å². The summed E-state index contributed by atoms with van der Waals surface area (Å²) in [7, 11) is 0. The number of anilines is 1. The molecule has 4 nitrogen and oxygen atoms in total. The standard InChI is InChI=1S/C11H10N4S/c1-8-4-9(6-12)5-10(15-8)14-7-11-13-2-3-16-11/h2-5H,7H2,1H3,(H,14,15). The minimum Gasteiger partial charge on any atom is -0.364 e. The average molecular weight is 230 g/mol. The first-order valence-electron chi connectivity index (χ1n) is 4.79. The van der Waals surface area contributed by atoms with Crippen molar-refractivity contribution in [2.45, 2.75) is 13.5 Å². The fraction of sp³-hybridized carbons (Fsp3) is 0.182. The van der Waals surface area contributed by atoms with Crippen molar-refractivity contribution in [3.63, 3.8) is 0 Å². The van der Waals surface area contributed by atoms with E-state index in [1.165, 1.54) is 0 Å². The predicted octanol–water partition coefficient (Wildman–Crippen LogP) is 2.33. The molecule has 0 amide bonds. The predicted molar refractivity (Wildman–Crippen MR) is 63.1 cm³/mol. The highest BCUT2D eigenvalue weighted by Crippen LogP contribution is 2.11. The average Bonchev–Trinajstić information content (AvgIpc) is 2.78. The van der Waals surface area contributed by atoms with Crippen LogP contribution in [0.4, 0.5) is 5.82 Å². The van der Waals surface area contributed by atoms with Gasteiger partial charge >= 0.3 is 0 Å². The Balaban J connectivity index is 2.10. The van der Waals surface area contributed by atoms with E-state index >= 15 is 0 Å². The molecular weight excluding hydrogens is 220 g/mol. The van der Waals surface area contributed by atoms with E-state index in [2.05, 4.69) is 21.4 Å². The molecule has 1 N–H and O–H groups in total. The van der Waals surface area contributed by atoms with E-state index in [0.29, 0.717) is 17.9 Å². The number of nitrogens with one attached hydrogen (secondary N) is 1. The van der Waals surface area contributed by atoms with Gasteiger partial charge in [0.05, 0.1) is 18.2 Å². The molecule has 0 aromatic carbocycles. The van der Waals surface area contributed by atoms with Crippen LogP contribution in [0.15, 0.2) is 23.7 Å². The molecule has 80 valence electrons. The Bertz CT molecular complexity index is 513. The van der Waals surface area contributed by atoms with Crippen LogP contribution in [0.25, 0.3) is 0 Å². The van der Waals surface area contributed by atoms with Gasteiger partial charge in [-0.25, -0.2) is 9.97 Å². The molecule has 0 aliphatic carbocycles. The normalized spacial score (nSPS) is 9.75. The summed E-state index contributed by atoms with van der Waals surface area (Å²) in [6.07, 6.45) is 1.77. The van der Waals surface area contributed by atoms with E-state index in [-0.39, 0.29) is 0 Å². The minimum atomic E-state index is 0.620. The third-order valence-electron chi connectivity index (χ3n) is 1.99. The van der Waals surface area contributed by atoms with E-state index in [1.54, 1.807) is 29.7 Å². The summed E-state index contributed by atoms with van der Waals surface area (Å²) in [6, 6.07) is 5.60. The maximum Gasteiger partial charge on any atom is 0.127 e. The van der Waals surface area contributed by atoms with E-state index in [0.717, 1.165) is 10.7 Å². The molecule has 2 rings (SSSR count). The number of thiazole rings is 1. The van der Waals surface area contributed by atoms with Crippen LogP contribution in [0, 0.1) is 18.3 Å². The first-order chi connectivity index (χ1) is 7.78. The van der Waals surface area contributed by atoms with Crippen molar-refractivity contribution in [1.82, 2.24) is 9.97 Å². The maximum atomic E-state index is 8.82. The lowest BCUT2D eigenvalue weighted by molar-refractivity contribution is 1.06. The molecule has 2 aromatic heterocycles. The molecule has 0 spiro atoms. The van der Waals surface area contributed by atoms with E-state index in [1.807, 2.05) is 12.3 Å². The smallest absolute Gasteiger partial charge is 0.127 e. The van der Waals surface area contributed by atoms with Crippen LogP contribution in [0.1, 0.15) is 16.3 Å². The van der Waals surface area contributed by atoms with Gasteiger partial charge in [-0.05, 0) is 19.1 Å². The van der Waals surface area contributed by atoms with Crippen LogP contribution >= 0.6 is 11.3 Å². The summed E-state index contributed by atoms with van der Waals surface area (Å²) in [4.78, 5) is 8.46. The highest BCUT2D eigenvalue weighted by molar-refractivity contribution is 7.09. The Kier molecular flexibility index (Phi) is 3.13. The van der Waals surface area contributed by atoms with Crippen molar-refractivity contribution in [2.24, 2.45) is 0 Å². The quantitative estimate of drug-likeness (QED) is 0.879. The summed E-state index contributed by atoms with van der Waals surface area (Å²) >= 11 is 1.59. The highest BCUT2D eigenvalue weighted by Gasteiger charge is 2.00. The molecule has 16 heavy (non-hydrogen) atoms. The van der Waals surface area contributed by atoms with Crippen molar-refractivity contribution in [1.29, 1.82) is 5.26 Å². The SMILES string of the molecule is Cc1cc(C#N)cc(NCc2nccs2)n1. The summed E-state index contributed by atoms with van der Waals surface area (Å²) in [5.41, 5.74) is 1.45. The molecule has 5 heteroatoms. The molecule has 0 aliphatic rings. The second-order valence-corrected chi connectivity index (χ2v) is 4.25. The molecule has 0 bridgehead atoms. The molecule has 0 atom stereocenters. The van der Waals surface area contributed by atoms with Gasteiger partial charge < -0.3 is 5.32 Å². The Morgan fingerprint density at radius 1 is 1.50 bits per heavy atom. The molecule has 0 saturated heterocycles. The number of rotatable bonds is 3. The van der Waals surface area contributed by atoms with Crippen LogP contribution < -0.4 is 5.32 Å². The molecule has 0 unspecified atom stereocenters. The molecular formula is C11H10N4S. The fourth-order valence-electron chi connectivity index (χ4n) is 1.33. The maximum absolute atomic E-state index is 8.82.